The maximum absolute atomic E-state index is 13.5. The normalized spacial score (nSPS) is 26.7. The molecule has 1 saturated heterocycles. The lowest BCUT2D eigenvalue weighted by molar-refractivity contribution is 0.303. The van der Waals surface area contributed by atoms with Crippen LogP contribution in [0.1, 0.15) is 24.8 Å². The van der Waals surface area contributed by atoms with Gasteiger partial charge in [0.15, 0.2) is 0 Å². The lowest BCUT2D eigenvalue weighted by Crippen LogP contribution is -2.31. The van der Waals surface area contributed by atoms with Gasteiger partial charge < -0.3 is 10.0 Å². The van der Waals surface area contributed by atoms with Gasteiger partial charge in [-0.25, -0.2) is 4.39 Å². The van der Waals surface area contributed by atoms with E-state index in [9.17, 15) is 4.39 Å². The molecule has 5 heteroatoms. The summed E-state index contributed by atoms with van der Waals surface area (Å²) < 4.78 is 13.5. The van der Waals surface area contributed by atoms with Crippen molar-refractivity contribution in [3.8, 4) is 0 Å². The molecule has 3 nitrogen and oxygen atoms in total. The van der Waals surface area contributed by atoms with Gasteiger partial charge in [-0.2, -0.15) is 0 Å². The molecule has 0 aromatic heterocycles. The van der Waals surface area contributed by atoms with Crippen LogP contribution in [0.3, 0.4) is 0 Å². The van der Waals surface area contributed by atoms with Crippen LogP contribution < -0.4 is 5.46 Å². The summed E-state index contributed by atoms with van der Waals surface area (Å²) in [6, 6.07) is 4.34. The van der Waals surface area contributed by atoms with Gasteiger partial charge in [0.1, 0.15) is 5.82 Å². The van der Waals surface area contributed by atoms with Crippen molar-refractivity contribution >= 4 is 12.6 Å². The monoisotopic (exact) mass is 263 g/mol. The van der Waals surface area contributed by atoms with Crippen molar-refractivity contribution in [2.75, 3.05) is 13.1 Å². The number of halogens is 1. The molecule has 0 spiro atoms. The molecule has 1 aromatic carbocycles. The summed E-state index contributed by atoms with van der Waals surface area (Å²) in [6.07, 6.45) is 4.00. The first-order valence-electron chi connectivity index (χ1n) is 6.99. The minimum atomic E-state index is -1.60. The topological polar surface area (TPSA) is 43.7 Å². The Morgan fingerprint density at radius 1 is 1.16 bits per heavy atom. The predicted octanol–water partition coefficient (Wildman–Crippen LogP) is 0.737. The Morgan fingerprint density at radius 3 is 2.47 bits per heavy atom. The van der Waals surface area contributed by atoms with E-state index < -0.39 is 12.9 Å². The smallest absolute Gasteiger partial charge is 0.423 e. The molecule has 0 amide bonds. The highest BCUT2D eigenvalue weighted by Crippen LogP contribution is 2.38. The maximum Gasteiger partial charge on any atom is 0.488 e. The Balaban J connectivity index is 1.70. The van der Waals surface area contributed by atoms with Gasteiger partial charge in [-0.1, -0.05) is 12.5 Å². The van der Waals surface area contributed by atoms with Gasteiger partial charge in [0.05, 0.1) is 0 Å². The molecule has 2 fully saturated rings. The second-order valence-electron chi connectivity index (χ2n) is 5.91. The summed E-state index contributed by atoms with van der Waals surface area (Å²) in [7, 11) is -1.60. The van der Waals surface area contributed by atoms with Gasteiger partial charge in [-0.05, 0) is 47.8 Å². The average molecular weight is 263 g/mol. The van der Waals surface area contributed by atoms with Crippen molar-refractivity contribution in [1.29, 1.82) is 0 Å². The first kappa shape index (κ1) is 13.1. The maximum atomic E-state index is 13.5. The van der Waals surface area contributed by atoms with Crippen molar-refractivity contribution in [3.63, 3.8) is 0 Å². The van der Waals surface area contributed by atoms with Crippen LogP contribution >= 0.6 is 0 Å². The van der Waals surface area contributed by atoms with Crippen LogP contribution in [-0.2, 0) is 6.54 Å². The second-order valence-corrected chi connectivity index (χ2v) is 5.91. The van der Waals surface area contributed by atoms with Gasteiger partial charge >= 0.3 is 7.12 Å². The number of likely N-dealkylation sites (tertiary alicyclic amines) is 1. The summed E-state index contributed by atoms with van der Waals surface area (Å²) in [5, 5.41) is 18.3. The zero-order valence-corrected chi connectivity index (χ0v) is 10.9. The van der Waals surface area contributed by atoms with Gasteiger partial charge in [0, 0.05) is 19.6 Å². The van der Waals surface area contributed by atoms with Crippen LogP contribution in [0.4, 0.5) is 4.39 Å². The summed E-state index contributed by atoms with van der Waals surface area (Å²) in [5.74, 6) is 1.23. The van der Waals surface area contributed by atoms with E-state index in [2.05, 4.69) is 4.90 Å². The Bertz CT molecular complexity index is 457. The van der Waals surface area contributed by atoms with E-state index in [1.54, 1.807) is 6.07 Å². The molecule has 0 radical (unpaired) electrons. The van der Waals surface area contributed by atoms with Crippen molar-refractivity contribution in [2.45, 2.75) is 25.8 Å². The standard InChI is InChI=1S/C14H19BFNO2/c16-14-5-10(4-13(6-14)15(18)19)7-17-8-11-2-1-3-12(11)9-17/h4-6,11-12,18-19H,1-3,7-9H2. The minimum absolute atomic E-state index is 0.231. The zero-order valence-electron chi connectivity index (χ0n) is 10.9. The summed E-state index contributed by atoms with van der Waals surface area (Å²) in [4.78, 5) is 2.36. The van der Waals surface area contributed by atoms with Crippen LogP contribution in [0.25, 0.3) is 0 Å². The number of nitrogens with zero attached hydrogens (tertiary/aromatic N) is 1. The Labute approximate surface area is 113 Å². The number of hydrogen-bond acceptors (Lipinski definition) is 3. The minimum Gasteiger partial charge on any atom is -0.423 e. The molecule has 0 bridgehead atoms. The predicted molar refractivity (Wildman–Crippen MR) is 72.3 cm³/mol. The molecule has 2 atom stereocenters. The van der Waals surface area contributed by atoms with Gasteiger partial charge in [0.25, 0.3) is 0 Å². The first-order valence-corrected chi connectivity index (χ1v) is 6.99. The fourth-order valence-corrected chi connectivity index (χ4v) is 3.64. The fourth-order valence-electron chi connectivity index (χ4n) is 3.64. The summed E-state index contributed by atoms with van der Waals surface area (Å²) in [6.45, 7) is 2.89. The van der Waals surface area contributed by atoms with Crippen molar-refractivity contribution in [3.05, 3.63) is 29.6 Å². The summed E-state index contributed by atoms with van der Waals surface area (Å²) >= 11 is 0. The van der Waals surface area contributed by atoms with Crippen LogP contribution in [-0.4, -0.2) is 35.2 Å². The summed E-state index contributed by atoms with van der Waals surface area (Å²) in [5.41, 5.74) is 1.05. The Morgan fingerprint density at radius 2 is 1.84 bits per heavy atom. The Hall–Kier alpha value is -0.905. The lowest BCUT2D eigenvalue weighted by Gasteiger charge is -2.17. The zero-order chi connectivity index (χ0) is 13.4. The van der Waals surface area contributed by atoms with Gasteiger partial charge in [-0.15, -0.1) is 0 Å². The fraction of sp³-hybridized carbons (Fsp3) is 0.571. The van der Waals surface area contributed by atoms with Crippen LogP contribution in [0.5, 0.6) is 0 Å². The molecule has 3 rings (SSSR count). The molecular weight excluding hydrogens is 244 g/mol. The highest BCUT2D eigenvalue weighted by molar-refractivity contribution is 6.58. The number of benzene rings is 1. The largest absolute Gasteiger partial charge is 0.488 e. The SMILES string of the molecule is OB(O)c1cc(F)cc(CN2CC3CCCC3C2)c1. The highest BCUT2D eigenvalue weighted by Gasteiger charge is 2.35. The molecule has 1 heterocycles. The van der Waals surface area contributed by atoms with Crippen molar-refractivity contribution in [1.82, 2.24) is 4.90 Å². The van der Waals surface area contributed by atoms with E-state index in [1.165, 1.54) is 31.4 Å². The molecule has 1 aliphatic carbocycles. The number of hydrogen-bond donors (Lipinski definition) is 2. The number of rotatable bonds is 3. The molecule has 102 valence electrons. The van der Waals surface area contributed by atoms with E-state index in [4.69, 9.17) is 10.0 Å². The molecule has 2 aliphatic rings. The highest BCUT2D eigenvalue weighted by atomic mass is 19.1. The van der Waals surface area contributed by atoms with Crippen LogP contribution in [0.2, 0.25) is 0 Å². The molecule has 2 N–H and O–H groups in total. The van der Waals surface area contributed by atoms with Crippen LogP contribution in [0.15, 0.2) is 18.2 Å². The third-order valence-corrected chi connectivity index (χ3v) is 4.49. The average Bonchev–Trinajstić information content (AvgIpc) is 2.88. The molecule has 1 aromatic rings. The third kappa shape index (κ3) is 2.83. The van der Waals surface area contributed by atoms with Crippen molar-refractivity contribution < 1.29 is 14.4 Å². The molecular formula is C14H19BFNO2. The van der Waals surface area contributed by atoms with E-state index >= 15 is 0 Å². The van der Waals surface area contributed by atoms with E-state index in [0.717, 1.165) is 30.5 Å². The molecule has 19 heavy (non-hydrogen) atoms. The second kappa shape index (κ2) is 5.23. The third-order valence-electron chi connectivity index (χ3n) is 4.49. The van der Waals surface area contributed by atoms with Crippen LogP contribution in [0, 0.1) is 17.7 Å². The van der Waals surface area contributed by atoms with E-state index in [0.29, 0.717) is 6.54 Å². The van der Waals surface area contributed by atoms with Gasteiger partial charge in [-0.3, -0.25) is 4.90 Å². The lowest BCUT2D eigenvalue weighted by atomic mass is 9.79. The molecule has 2 unspecified atom stereocenters. The Kier molecular flexibility index (Phi) is 3.61. The number of fused-ring (bicyclic) bond motifs is 1. The van der Waals surface area contributed by atoms with Gasteiger partial charge in [0.2, 0.25) is 0 Å². The molecule has 1 saturated carbocycles. The van der Waals surface area contributed by atoms with E-state index in [-0.39, 0.29) is 5.46 Å². The molecule has 1 aliphatic heterocycles. The first-order chi connectivity index (χ1) is 9.11. The van der Waals surface area contributed by atoms with E-state index in [1.807, 2.05) is 0 Å². The quantitative estimate of drug-likeness (QED) is 0.790. The van der Waals surface area contributed by atoms with Crippen molar-refractivity contribution in [2.24, 2.45) is 11.8 Å².